The average Bonchev–Trinajstić information content (AvgIpc) is 2.70. The van der Waals surface area contributed by atoms with Gasteiger partial charge in [-0.2, -0.15) is 5.26 Å². The first-order valence-electron chi connectivity index (χ1n) is 5.31. The Kier molecular flexibility index (Phi) is 5.08. The number of nitriles is 1. The molecule has 1 aromatic heterocycles. The molecule has 0 atom stereocenters. The maximum atomic E-state index is 8.50. The number of aromatic nitrogens is 4. The molecule has 18 heavy (non-hydrogen) atoms. The van der Waals surface area contributed by atoms with Crippen LogP contribution in [-0.4, -0.2) is 15.1 Å². The number of nitrogens with two attached hydrogens (primary N) is 1. The zero-order chi connectivity index (χ0) is 12.1. The van der Waals surface area contributed by atoms with Crippen LogP contribution in [0.5, 0.6) is 0 Å². The van der Waals surface area contributed by atoms with Gasteiger partial charge in [0, 0.05) is 0 Å². The van der Waals surface area contributed by atoms with Gasteiger partial charge in [0.05, 0.1) is 17.7 Å². The number of benzene rings is 1. The maximum absolute atomic E-state index is 8.50. The summed E-state index contributed by atoms with van der Waals surface area (Å²) in [7, 11) is 0. The van der Waals surface area contributed by atoms with Crippen LogP contribution in [0.25, 0.3) is 0 Å². The van der Waals surface area contributed by atoms with Crippen molar-refractivity contribution in [3.05, 3.63) is 35.9 Å². The third-order valence-electron chi connectivity index (χ3n) is 2.40. The number of nitrogen functional groups attached to an aromatic ring is 1. The van der Waals surface area contributed by atoms with Crippen molar-refractivity contribution < 1.29 is 17.1 Å². The molecule has 0 fully saturated rings. The van der Waals surface area contributed by atoms with E-state index in [2.05, 4.69) is 10.4 Å². The SMILES string of the molecule is N#CCCn1nn[n+](Cc2ccccc2)c1N.[Cl-]. The van der Waals surface area contributed by atoms with Crippen LogP contribution < -0.4 is 22.8 Å². The van der Waals surface area contributed by atoms with Gasteiger partial charge in [-0.3, -0.25) is 0 Å². The zero-order valence-electron chi connectivity index (χ0n) is 9.70. The summed E-state index contributed by atoms with van der Waals surface area (Å²) < 4.78 is 3.15. The molecule has 1 aromatic carbocycles. The van der Waals surface area contributed by atoms with E-state index in [4.69, 9.17) is 11.0 Å². The molecule has 0 aliphatic rings. The van der Waals surface area contributed by atoms with Crippen LogP contribution in [0, 0.1) is 11.3 Å². The van der Waals surface area contributed by atoms with E-state index in [0.717, 1.165) is 5.56 Å². The Morgan fingerprint density at radius 3 is 2.72 bits per heavy atom. The highest BCUT2D eigenvalue weighted by Crippen LogP contribution is 1.99. The van der Waals surface area contributed by atoms with Crippen LogP contribution >= 0.6 is 0 Å². The first kappa shape index (κ1) is 13.9. The van der Waals surface area contributed by atoms with Gasteiger partial charge >= 0.3 is 5.95 Å². The molecule has 0 saturated carbocycles. The Bertz CT molecular complexity index is 530. The van der Waals surface area contributed by atoms with Crippen molar-refractivity contribution in [2.45, 2.75) is 19.5 Å². The fourth-order valence-electron chi connectivity index (χ4n) is 1.51. The van der Waals surface area contributed by atoms with Crippen molar-refractivity contribution in [1.82, 2.24) is 15.1 Å². The predicted molar refractivity (Wildman–Crippen MR) is 60.4 cm³/mol. The van der Waals surface area contributed by atoms with E-state index in [-0.39, 0.29) is 12.4 Å². The molecule has 6 nitrogen and oxygen atoms in total. The lowest BCUT2D eigenvalue weighted by atomic mass is 10.2. The molecule has 0 spiro atoms. The molecule has 2 N–H and O–H groups in total. The second-order valence-electron chi connectivity index (χ2n) is 3.61. The summed E-state index contributed by atoms with van der Waals surface area (Å²) in [6.45, 7) is 1.05. The third-order valence-corrected chi connectivity index (χ3v) is 2.40. The highest BCUT2D eigenvalue weighted by atomic mass is 35.5. The first-order chi connectivity index (χ1) is 8.31. The largest absolute Gasteiger partial charge is 1.00 e. The highest BCUT2D eigenvalue weighted by molar-refractivity contribution is 5.14. The van der Waals surface area contributed by atoms with E-state index >= 15 is 0 Å². The molecule has 1 heterocycles. The van der Waals surface area contributed by atoms with Gasteiger partial charge in [-0.05, 0) is 5.56 Å². The summed E-state index contributed by atoms with van der Waals surface area (Å²) >= 11 is 0. The van der Waals surface area contributed by atoms with E-state index in [1.165, 1.54) is 4.68 Å². The fraction of sp³-hybridized carbons (Fsp3) is 0.273. The second kappa shape index (κ2) is 6.57. The minimum atomic E-state index is 0. The van der Waals surface area contributed by atoms with Crippen LogP contribution in [0.4, 0.5) is 5.95 Å². The Labute approximate surface area is 111 Å². The van der Waals surface area contributed by atoms with Crippen LogP contribution in [0.15, 0.2) is 30.3 Å². The molecule has 0 unspecified atom stereocenters. The lowest BCUT2D eigenvalue weighted by molar-refractivity contribution is -0.733. The molecule has 7 heteroatoms. The van der Waals surface area contributed by atoms with Crippen LogP contribution in [0.3, 0.4) is 0 Å². The Balaban J connectivity index is 0.00000162. The van der Waals surface area contributed by atoms with Gasteiger partial charge in [0.1, 0.15) is 18.3 Å². The smallest absolute Gasteiger partial charge is 0.362 e. The molecule has 0 aliphatic heterocycles. The van der Waals surface area contributed by atoms with Crippen molar-refractivity contribution in [2.24, 2.45) is 0 Å². The van der Waals surface area contributed by atoms with Crippen molar-refractivity contribution in [3.63, 3.8) is 0 Å². The molecule has 94 valence electrons. The molecule has 0 radical (unpaired) electrons. The lowest BCUT2D eigenvalue weighted by Crippen LogP contribution is -3.00. The number of halogens is 1. The van der Waals surface area contributed by atoms with E-state index in [9.17, 15) is 0 Å². The number of hydrogen-bond donors (Lipinski definition) is 1. The van der Waals surface area contributed by atoms with Crippen molar-refractivity contribution >= 4 is 5.95 Å². The quantitative estimate of drug-likeness (QED) is 0.601. The van der Waals surface area contributed by atoms with E-state index in [1.807, 2.05) is 36.4 Å². The minimum absolute atomic E-state index is 0. The van der Waals surface area contributed by atoms with Gasteiger partial charge < -0.3 is 18.1 Å². The summed E-state index contributed by atoms with van der Waals surface area (Å²) in [5, 5.41) is 16.4. The van der Waals surface area contributed by atoms with E-state index in [0.29, 0.717) is 25.5 Å². The summed E-state index contributed by atoms with van der Waals surface area (Å²) in [4.78, 5) is 0. The number of aryl methyl sites for hydroxylation is 1. The van der Waals surface area contributed by atoms with Gasteiger partial charge in [0.2, 0.25) is 0 Å². The molecular formula is C11H13ClN6. The van der Waals surface area contributed by atoms with Gasteiger partial charge in [-0.15, -0.1) is 4.68 Å². The summed E-state index contributed by atoms with van der Waals surface area (Å²) in [5.41, 5.74) is 6.99. The van der Waals surface area contributed by atoms with E-state index in [1.54, 1.807) is 4.68 Å². The zero-order valence-corrected chi connectivity index (χ0v) is 10.5. The number of nitrogens with zero attached hydrogens (tertiary/aromatic N) is 5. The number of anilines is 1. The summed E-state index contributed by atoms with van der Waals surface area (Å²) in [6, 6.07) is 11.9. The predicted octanol–water partition coefficient (Wildman–Crippen LogP) is -2.89. The maximum Gasteiger partial charge on any atom is 0.362 e. The fourth-order valence-corrected chi connectivity index (χ4v) is 1.51. The Morgan fingerprint density at radius 2 is 2.06 bits per heavy atom. The Morgan fingerprint density at radius 1 is 1.33 bits per heavy atom. The van der Waals surface area contributed by atoms with Crippen LogP contribution in [0.2, 0.25) is 0 Å². The van der Waals surface area contributed by atoms with Gasteiger partial charge in [0.25, 0.3) is 0 Å². The van der Waals surface area contributed by atoms with Gasteiger partial charge in [-0.25, -0.2) is 0 Å². The van der Waals surface area contributed by atoms with Crippen molar-refractivity contribution in [2.75, 3.05) is 5.73 Å². The average molecular weight is 265 g/mol. The highest BCUT2D eigenvalue weighted by Gasteiger charge is 2.15. The summed E-state index contributed by atoms with van der Waals surface area (Å²) in [5.74, 6) is 0.462. The molecule has 0 saturated heterocycles. The van der Waals surface area contributed by atoms with Crippen molar-refractivity contribution in [3.8, 4) is 6.07 Å². The topological polar surface area (TPSA) is 84.4 Å². The van der Waals surface area contributed by atoms with Crippen LogP contribution in [0.1, 0.15) is 12.0 Å². The summed E-state index contributed by atoms with van der Waals surface area (Å²) in [6.07, 6.45) is 0.374. The molecule has 2 aromatic rings. The number of rotatable bonds is 4. The molecule has 0 bridgehead atoms. The molecule has 2 rings (SSSR count). The monoisotopic (exact) mass is 264 g/mol. The number of tetrazole rings is 1. The molecular weight excluding hydrogens is 252 g/mol. The third kappa shape index (κ3) is 3.18. The van der Waals surface area contributed by atoms with Gasteiger partial charge in [0.15, 0.2) is 0 Å². The van der Waals surface area contributed by atoms with Crippen molar-refractivity contribution in [1.29, 1.82) is 5.26 Å². The Hall–Kier alpha value is -2.13. The standard InChI is InChI=1S/C11H12N6.ClH/c12-7-4-8-16-11(13)17(15-14-16)9-10-5-2-1-3-6-10;/h1-3,5-6,13H,4,8-9H2;1H. The van der Waals surface area contributed by atoms with E-state index < -0.39 is 0 Å². The second-order valence-corrected chi connectivity index (χ2v) is 3.61. The minimum Gasteiger partial charge on any atom is -1.00 e. The normalized spacial score (nSPS) is 9.50. The van der Waals surface area contributed by atoms with Gasteiger partial charge in [-0.1, -0.05) is 35.0 Å². The molecule has 0 aliphatic carbocycles. The molecule has 0 amide bonds. The first-order valence-corrected chi connectivity index (χ1v) is 5.31. The number of hydrogen-bond acceptors (Lipinski definition) is 4. The lowest BCUT2D eigenvalue weighted by Gasteiger charge is -1.97. The van der Waals surface area contributed by atoms with Crippen LogP contribution in [-0.2, 0) is 13.1 Å².